The first-order valence-electron chi connectivity index (χ1n) is 13.7. The summed E-state index contributed by atoms with van der Waals surface area (Å²) >= 11 is 6.60. The van der Waals surface area contributed by atoms with E-state index < -0.39 is 0 Å². The minimum atomic E-state index is -0.332. The predicted molar refractivity (Wildman–Crippen MR) is 145 cm³/mol. The van der Waals surface area contributed by atoms with Crippen molar-refractivity contribution in [3.8, 4) is 16.9 Å². The van der Waals surface area contributed by atoms with Crippen molar-refractivity contribution in [1.82, 2.24) is 0 Å². The normalized spacial score (nSPS) is 15.3. The van der Waals surface area contributed by atoms with Gasteiger partial charge in [0, 0.05) is 0 Å². The van der Waals surface area contributed by atoms with Gasteiger partial charge in [-0.1, -0.05) is 120 Å². The molecule has 0 bridgehead atoms. The largest absolute Gasteiger partial charge is 0.425 e. The molecule has 0 unspecified atom stereocenters. The van der Waals surface area contributed by atoms with E-state index in [-0.39, 0.29) is 11.4 Å². The van der Waals surface area contributed by atoms with E-state index in [1.165, 1.54) is 56.9 Å². The van der Waals surface area contributed by atoms with Crippen LogP contribution < -0.4 is 4.74 Å². The second-order valence-electron chi connectivity index (χ2n) is 10.2. The standard InChI is InChI=1S/C31H43ClO2/c1-3-5-7-8-10-14-25-15-17-26(18-16-25)27-19-20-29(28(32)24-27)34-30(33)31(21-11-6-4-2)22-12-9-13-23-31/h15-20,24H,3-14,21-23H2,1-2H3. The third-order valence-electron chi connectivity index (χ3n) is 7.49. The van der Waals surface area contributed by atoms with Gasteiger partial charge in [-0.3, -0.25) is 4.79 Å². The average molecular weight is 483 g/mol. The molecular formula is C31H43ClO2. The van der Waals surface area contributed by atoms with Crippen molar-refractivity contribution in [2.45, 2.75) is 110 Å². The van der Waals surface area contributed by atoms with Crippen LogP contribution in [0.2, 0.25) is 5.02 Å². The zero-order chi connectivity index (χ0) is 24.2. The number of hydrogen-bond acceptors (Lipinski definition) is 2. The molecule has 2 aromatic carbocycles. The fraction of sp³-hybridized carbons (Fsp3) is 0.581. The van der Waals surface area contributed by atoms with Gasteiger partial charge in [0.2, 0.25) is 0 Å². The topological polar surface area (TPSA) is 26.3 Å². The lowest BCUT2D eigenvalue weighted by molar-refractivity contribution is -0.148. The van der Waals surface area contributed by atoms with Crippen molar-refractivity contribution < 1.29 is 9.53 Å². The Labute approximate surface area is 212 Å². The van der Waals surface area contributed by atoms with E-state index >= 15 is 0 Å². The zero-order valence-corrected chi connectivity index (χ0v) is 22.1. The molecule has 3 heteroatoms. The van der Waals surface area contributed by atoms with Crippen molar-refractivity contribution in [2.24, 2.45) is 5.41 Å². The Morgan fingerprint density at radius 3 is 2.15 bits per heavy atom. The SMILES string of the molecule is CCCCCCCc1ccc(-c2ccc(OC(=O)C3(CCCCC)CCCCC3)c(Cl)c2)cc1. The minimum absolute atomic E-state index is 0.0822. The molecule has 1 saturated carbocycles. The molecule has 0 radical (unpaired) electrons. The van der Waals surface area contributed by atoms with Crippen molar-refractivity contribution in [2.75, 3.05) is 0 Å². The number of hydrogen-bond donors (Lipinski definition) is 0. The molecule has 1 aliphatic carbocycles. The lowest BCUT2D eigenvalue weighted by Gasteiger charge is -2.35. The van der Waals surface area contributed by atoms with Crippen LogP contribution in [0, 0.1) is 5.41 Å². The highest BCUT2D eigenvalue weighted by molar-refractivity contribution is 6.32. The third-order valence-corrected chi connectivity index (χ3v) is 7.79. The van der Waals surface area contributed by atoms with Gasteiger partial charge < -0.3 is 4.74 Å². The molecule has 0 aromatic heterocycles. The fourth-order valence-electron chi connectivity index (χ4n) is 5.27. The summed E-state index contributed by atoms with van der Waals surface area (Å²) in [6.45, 7) is 4.46. The lowest BCUT2D eigenvalue weighted by atomic mass is 9.71. The molecule has 0 heterocycles. The molecule has 0 spiro atoms. The summed E-state index contributed by atoms with van der Waals surface area (Å²) in [5, 5.41) is 0.505. The molecule has 34 heavy (non-hydrogen) atoms. The minimum Gasteiger partial charge on any atom is -0.425 e. The van der Waals surface area contributed by atoms with Gasteiger partial charge in [0.1, 0.15) is 5.75 Å². The van der Waals surface area contributed by atoms with Gasteiger partial charge in [0.05, 0.1) is 10.4 Å². The second-order valence-corrected chi connectivity index (χ2v) is 10.6. The number of halogens is 1. The monoisotopic (exact) mass is 482 g/mol. The van der Waals surface area contributed by atoms with Gasteiger partial charge in [-0.05, 0) is 60.9 Å². The van der Waals surface area contributed by atoms with Crippen molar-refractivity contribution in [3.63, 3.8) is 0 Å². The summed E-state index contributed by atoms with van der Waals surface area (Å²) in [6.07, 6.45) is 17.3. The fourth-order valence-corrected chi connectivity index (χ4v) is 5.49. The smallest absolute Gasteiger partial charge is 0.317 e. The summed E-state index contributed by atoms with van der Waals surface area (Å²) in [5.74, 6) is 0.404. The van der Waals surface area contributed by atoms with Crippen LogP contribution >= 0.6 is 11.6 Å². The van der Waals surface area contributed by atoms with Gasteiger partial charge in [-0.15, -0.1) is 0 Å². The number of benzene rings is 2. The highest BCUT2D eigenvalue weighted by atomic mass is 35.5. The Bertz CT molecular complexity index is 881. The van der Waals surface area contributed by atoms with Gasteiger partial charge in [-0.25, -0.2) is 0 Å². The average Bonchev–Trinajstić information content (AvgIpc) is 2.86. The summed E-state index contributed by atoms with van der Waals surface area (Å²) in [7, 11) is 0. The Balaban J connectivity index is 1.62. The first-order chi connectivity index (χ1) is 16.6. The predicted octanol–water partition coefficient (Wildman–Crippen LogP) is 9.96. The Morgan fingerprint density at radius 2 is 1.47 bits per heavy atom. The number of carbonyl (C=O) groups excluding carboxylic acids is 1. The highest BCUT2D eigenvalue weighted by Crippen LogP contribution is 2.43. The summed E-state index contributed by atoms with van der Waals surface area (Å²) in [4.78, 5) is 13.3. The molecule has 1 fully saturated rings. The van der Waals surface area contributed by atoms with Crippen LogP contribution in [-0.2, 0) is 11.2 Å². The maximum atomic E-state index is 13.3. The third kappa shape index (κ3) is 7.60. The Hall–Kier alpha value is -1.80. The van der Waals surface area contributed by atoms with Crippen molar-refractivity contribution in [3.05, 3.63) is 53.1 Å². The molecule has 0 amide bonds. The number of ether oxygens (including phenoxy) is 1. The maximum Gasteiger partial charge on any atom is 0.317 e. The van der Waals surface area contributed by atoms with Gasteiger partial charge in [-0.2, -0.15) is 0 Å². The molecule has 0 N–H and O–H groups in total. The molecule has 2 nitrogen and oxygen atoms in total. The van der Waals surface area contributed by atoms with Crippen LogP contribution in [0.3, 0.4) is 0 Å². The molecule has 0 saturated heterocycles. The van der Waals surface area contributed by atoms with Crippen LogP contribution in [0.25, 0.3) is 11.1 Å². The van der Waals surface area contributed by atoms with Crippen LogP contribution in [0.4, 0.5) is 0 Å². The Kier molecular flexibility index (Phi) is 11.0. The first kappa shape index (κ1) is 26.8. The summed E-state index contributed by atoms with van der Waals surface area (Å²) in [6, 6.07) is 14.6. The van der Waals surface area contributed by atoms with Crippen LogP contribution in [0.1, 0.15) is 109 Å². The summed E-state index contributed by atoms with van der Waals surface area (Å²) in [5.41, 5.74) is 3.24. The van der Waals surface area contributed by atoms with E-state index in [2.05, 4.69) is 38.1 Å². The Morgan fingerprint density at radius 1 is 0.824 bits per heavy atom. The number of aryl methyl sites for hydroxylation is 1. The molecule has 1 aliphatic rings. The van der Waals surface area contributed by atoms with Crippen LogP contribution in [0.15, 0.2) is 42.5 Å². The molecule has 0 atom stereocenters. The van der Waals surface area contributed by atoms with Gasteiger partial charge in [0.25, 0.3) is 0 Å². The van der Waals surface area contributed by atoms with E-state index in [4.69, 9.17) is 16.3 Å². The highest BCUT2D eigenvalue weighted by Gasteiger charge is 2.40. The van der Waals surface area contributed by atoms with E-state index in [9.17, 15) is 4.79 Å². The maximum absolute atomic E-state index is 13.3. The molecule has 186 valence electrons. The van der Waals surface area contributed by atoms with E-state index in [0.29, 0.717) is 10.8 Å². The van der Waals surface area contributed by atoms with Gasteiger partial charge in [0.15, 0.2) is 0 Å². The lowest BCUT2D eigenvalue weighted by Crippen LogP contribution is -2.37. The van der Waals surface area contributed by atoms with Gasteiger partial charge >= 0.3 is 5.97 Å². The number of carbonyl (C=O) groups is 1. The van der Waals surface area contributed by atoms with Crippen molar-refractivity contribution in [1.29, 1.82) is 0 Å². The van der Waals surface area contributed by atoms with Crippen LogP contribution in [-0.4, -0.2) is 5.97 Å². The number of unbranched alkanes of at least 4 members (excludes halogenated alkanes) is 6. The van der Waals surface area contributed by atoms with E-state index in [1.807, 2.05) is 18.2 Å². The number of rotatable bonds is 13. The van der Waals surface area contributed by atoms with E-state index in [1.54, 1.807) is 0 Å². The van der Waals surface area contributed by atoms with Crippen molar-refractivity contribution >= 4 is 17.6 Å². The first-order valence-corrected chi connectivity index (χ1v) is 14.1. The molecule has 2 aromatic rings. The number of esters is 1. The zero-order valence-electron chi connectivity index (χ0n) is 21.3. The quantitative estimate of drug-likeness (QED) is 0.161. The molecule has 0 aliphatic heterocycles. The summed E-state index contributed by atoms with van der Waals surface area (Å²) < 4.78 is 5.93. The molecular weight excluding hydrogens is 440 g/mol. The second kappa shape index (κ2) is 13.9. The van der Waals surface area contributed by atoms with Crippen LogP contribution in [0.5, 0.6) is 5.75 Å². The molecule has 3 rings (SSSR count). The van der Waals surface area contributed by atoms with E-state index in [0.717, 1.165) is 56.1 Å².